The molecule has 4 nitrogen and oxygen atoms in total. The van der Waals surface area contributed by atoms with Crippen molar-refractivity contribution in [1.29, 1.82) is 0 Å². The summed E-state index contributed by atoms with van der Waals surface area (Å²) in [6.07, 6.45) is 0. The molecule has 0 bridgehead atoms. The number of alkyl halides is 4. The van der Waals surface area contributed by atoms with Gasteiger partial charge < -0.3 is 19.9 Å². The highest BCUT2D eigenvalue weighted by Crippen LogP contribution is 2.27. The SMILES string of the molecule is CC(CO)NCc1ccc(OC(F)F)cc1OC(F)F. The first-order chi connectivity index (χ1) is 9.42. The van der Waals surface area contributed by atoms with E-state index < -0.39 is 13.2 Å². The third-order valence-corrected chi connectivity index (χ3v) is 2.39. The van der Waals surface area contributed by atoms with Gasteiger partial charge in [-0.25, -0.2) is 0 Å². The maximum atomic E-state index is 12.3. The first-order valence-electron chi connectivity index (χ1n) is 5.79. The van der Waals surface area contributed by atoms with Crippen LogP contribution in [0.5, 0.6) is 11.5 Å². The van der Waals surface area contributed by atoms with Gasteiger partial charge in [-0.3, -0.25) is 0 Å². The van der Waals surface area contributed by atoms with Gasteiger partial charge in [-0.05, 0) is 13.0 Å². The standard InChI is InChI=1S/C12H15F4NO3/c1-7(6-18)17-5-8-2-3-9(19-11(13)14)4-10(8)20-12(15)16/h2-4,7,11-12,17-18H,5-6H2,1H3. The minimum absolute atomic E-state index is 0.127. The average Bonchev–Trinajstić information content (AvgIpc) is 2.36. The molecule has 2 N–H and O–H groups in total. The van der Waals surface area contributed by atoms with Gasteiger partial charge in [0.2, 0.25) is 0 Å². The summed E-state index contributed by atoms with van der Waals surface area (Å²) in [5, 5.41) is 11.7. The highest BCUT2D eigenvalue weighted by atomic mass is 19.3. The highest BCUT2D eigenvalue weighted by Gasteiger charge is 2.13. The number of hydrogen-bond donors (Lipinski definition) is 2. The van der Waals surface area contributed by atoms with Crippen molar-refractivity contribution in [3.05, 3.63) is 23.8 Å². The lowest BCUT2D eigenvalue weighted by Gasteiger charge is -2.15. The normalized spacial score (nSPS) is 12.8. The summed E-state index contributed by atoms with van der Waals surface area (Å²) in [5.41, 5.74) is 0.340. The summed E-state index contributed by atoms with van der Waals surface area (Å²) in [6.45, 7) is -4.42. The minimum atomic E-state index is -3.08. The Kier molecular flexibility index (Phi) is 6.53. The summed E-state index contributed by atoms with van der Waals surface area (Å²) in [6, 6.07) is 3.29. The number of nitrogens with one attached hydrogen (secondary N) is 1. The summed E-state index contributed by atoms with van der Waals surface area (Å²) < 4.78 is 57.1. The fourth-order valence-corrected chi connectivity index (χ4v) is 1.41. The molecule has 1 aromatic carbocycles. The molecule has 114 valence electrons. The van der Waals surface area contributed by atoms with Crippen molar-refractivity contribution in [2.75, 3.05) is 6.61 Å². The Hall–Kier alpha value is -1.54. The summed E-state index contributed by atoms with van der Waals surface area (Å²) in [4.78, 5) is 0. The van der Waals surface area contributed by atoms with Crippen LogP contribution >= 0.6 is 0 Å². The van der Waals surface area contributed by atoms with E-state index in [4.69, 9.17) is 5.11 Å². The van der Waals surface area contributed by atoms with E-state index >= 15 is 0 Å². The highest BCUT2D eigenvalue weighted by molar-refractivity contribution is 5.40. The van der Waals surface area contributed by atoms with Gasteiger partial charge in [0.1, 0.15) is 11.5 Å². The molecule has 0 radical (unpaired) electrons. The zero-order valence-electron chi connectivity index (χ0n) is 10.7. The molecular formula is C12H15F4NO3. The molecule has 0 spiro atoms. The van der Waals surface area contributed by atoms with Crippen LogP contribution in [0.25, 0.3) is 0 Å². The molecular weight excluding hydrogens is 282 g/mol. The van der Waals surface area contributed by atoms with Crippen molar-refractivity contribution in [3.63, 3.8) is 0 Å². The van der Waals surface area contributed by atoms with Gasteiger partial charge in [0.25, 0.3) is 0 Å². The lowest BCUT2D eigenvalue weighted by Crippen LogP contribution is -2.28. The molecule has 0 fully saturated rings. The molecule has 0 saturated carbocycles. The fraction of sp³-hybridized carbons (Fsp3) is 0.500. The third kappa shape index (κ3) is 5.62. The number of aliphatic hydroxyl groups excluding tert-OH is 1. The lowest BCUT2D eigenvalue weighted by molar-refractivity contribution is -0.0547. The van der Waals surface area contributed by atoms with E-state index in [9.17, 15) is 17.6 Å². The van der Waals surface area contributed by atoms with E-state index in [0.717, 1.165) is 6.07 Å². The first kappa shape index (κ1) is 16.5. The summed E-state index contributed by atoms with van der Waals surface area (Å²) >= 11 is 0. The van der Waals surface area contributed by atoms with Crippen LogP contribution in [-0.4, -0.2) is 31.0 Å². The molecule has 20 heavy (non-hydrogen) atoms. The largest absolute Gasteiger partial charge is 0.435 e. The zero-order valence-corrected chi connectivity index (χ0v) is 10.7. The van der Waals surface area contributed by atoms with Crippen molar-refractivity contribution in [3.8, 4) is 11.5 Å². The Morgan fingerprint density at radius 2 is 1.80 bits per heavy atom. The van der Waals surface area contributed by atoms with Gasteiger partial charge in [-0.15, -0.1) is 0 Å². The van der Waals surface area contributed by atoms with Crippen LogP contribution in [-0.2, 0) is 6.54 Å². The van der Waals surface area contributed by atoms with Crippen molar-refractivity contribution < 1.29 is 32.1 Å². The van der Waals surface area contributed by atoms with Gasteiger partial charge in [-0.1, -0.05) is 6.07 Å². The predicted octanol–water partition coefficient (Wildman–Crippen LogP) is 2.36. The van der Waals surface area contributed by atoms with E-state index in [0.29, 0.717) is 5.56 Å². The van der Waals surface area contributed by atoms with Crippen LogP contribution < -0.4 is 14.8 Å². The first-order valence-corrected chi connectivity index (χ1v) is 5.79. The molecule has 1 aromatic rings. The maximum Gasteiger partial charge on any atom is 0.387 e. The molecule has 1 unspecified atom stereocenters. The molecule has 0 aromatic heterocycles. The van der Waals surface area contributed by atoms with Crippen LogP contribution in [0.15, 0.2) is 18.2 Å². The van der Waals surface area contributed by atoms with Crippen LogP contribution in [0.4, 0.5) is 17.6 Å². The molecule has 8 heteroatoms. The van der Waals surface area contributed by atoms with Crippen LogP contribution in [0.3, 0.4) is 0 Å². The van der Waals surface area contributed by atoms with Gasteiger partial charge in [0.15, 0.2) is 0 Å². The Bertz CT molecular complexity index is 418. The minimum Gasteiger partial charge on any atom is -0.435 e. The Labute approximate surface area is 113 Å². The van der Waals surface area contributed by atoms with Crippen molar-refractivity contribution in [2.24, 2.45) is 0 Å². The molecule has 0 heterocycles. The quantitative estimate of drug-likeness (QED) is 0.723. The third-order valence-electron chi connectivity index (χ3n) is 2.39. The zero-order chi connectivity index (χ0) is 15.1. The van der Waals surface area contributed by atoms with Crippen LogP contribution in [0.1, 0.15) is 12.5 Å². The van der Waals surface area contributed by atoms with Gasteiger partial charge in [-0.2, -0.15) is 17.6 Å². The van der Waals surface area contributed by atoms with E-state index in [2.05, 4.69) is 14.8 Å². The smallest absolute Gasteiger partial charge is 0.387 e. The second-order valence-electron chi connectivity index (χ2n) is 3.99. The summed E-state index contributed by atoms with van der Waals surface area (Å²) in [7, 11) is 0. The molecule has 1 atom stereocenters. The predicted molar refractivity (Wildman–Crippen MR) is 63.1 cm³/mol. The molecule has 0 aliphatic heterocycles. The van der Waals surface area contributed by atoms with E-state index in [1.165, 1.54) is 12.1 Å². The van der Waals surface area contributed by atoms with E-state index in [-0.39, 0.29) is 30.7 Å². The molecule has 0 aliphatic carbocycles. The Morgan fingerprint density at radius 1 is 1.15 bits per heavy atom. The molecule has 0 saturated heterocycles. The second-order valence-corrected chi connectivity index (χ2v) is 3.99. The van der Waals surface area contributed by atoms with Gasteiger partial charge >= 0.3 is 13.2 Å². The fourth-order valence-electron chi connectivity index (χ4n) is 1.41. The molecule has 0 aliphatic rings. The monoisotopic (exact) mass is 297 g/mol. The molecule has 1 rings (SSSR count). The lowest BCUT2D eigenvalue weighted by atomic mass is 10.2. The number of halogens is 4. The van der Waals surface area contributed by atoms with Gasteiger partial charge in [0, 0.05) is 24.2 Å². The number of benzene rings is 1. The summed E-state index contributed by atoms with van der Waals surface area (Å²) in [5.74, 6) is -0.523. The van der Waals surface area contributed by atoms with E-state index in [1.807, 2.05) is 0 Å². The van der Waals surface area contributed by atoms with E-state index in [1.54, 1.807) is 6.92 Å². The maximum absolute atomic E-state index is 12.3. The second kappa shape index (κ2) is 7.91. The van der Waals surface area contributed by atoms with Gasteiger partial charge in [0.05, 0.1) is 6.61 Å². The average molecular weight is 297 g/mol. The molecule has 0 amide bonds. The number of hydrogen-bond acceptors (Lipinski definition) is 4. The number of ether oxygens (including phenoxy) is 2. The van der Waals surface area contributed by atoms with Crippen LogP contribution in [0, 0.1) is 0 Å². The topological polar surface area (TPSA) is 50.7 Å². The Morgan fingerprint density at radius 3 is 2.35 bits per heavy atom. The number of rotatable bonds is 8. The number of aliphatic hydroxyl groups is 1. The van der Waals surface area contributed by atoms with Crippen LogP contribution in [0.2, 0.25) is 0 Å². The van der Waals surface area contributed by atoms with Crippen molar-refractivity contribution in [2.45, 2.75) is 32.7 Å². The Balaban J connectivity index is 2.85. The van der Waals surface area contributed by atoms with Crippen molar-refractivity contribution in [1.82, 2.24) is 5.32 Å². The van der Waals surface area contributed by atoms with Crippen molar-refractivity contribution >= 4 is 0 Å².